The number of phenolic OH excluding ortho intramolecular Hbond substituents is 1. The van der Waals surface area contributed by atoms with Crippen LogP contribution in [0, 0.1) is 0 Å². The molecule has 7 N–H and O–H groups in total. The van der Waals surface area contributed by atoms with Gasteiger partial charge in [0, 0.05) is 35.7 Å². The predicted octanol–water partition coefficient (Wildman–Crippen LogP) is 4.93. The molecule has 0 aliphatic heterocycles. The first-order valence-corrected chi connectivity index (χ1v) is 17.0. The molecule has 1 aromatic heterocycles. The van der Waals surface area contributed by atoms with Gasteiger partial charge in [0.05, 0.1) is 11.6 Å². The van der Waals surface area contributed by atoms with E-state index in [9.17, 15) is 34.8 Å². The van der Waals surface area contributed by atoms with Crippen LogP contribution < -0.4 is 20.9 Å². The quantitative estimate of drug-likeness (QED) is 0.0727. The molecule has 6 rings (SSSR count). The van der Waals surface area contributed by atoms with E-state index in [0.717, 1.165) is 16.7 Å². The average molecular weight is 714 g/mol. The van der Waals surface area contributed by atoms with Gasteiger partial charge in [0.25, 0.3) is 5.91 Å². The van der Waals surface area contributed by atoms with E-state index in [2.05, 4.69) is 15.6 Å². The van der Waals surface area contributed by atoms with Gasteiger partial charge < -0.3 is 40.8 Å². The van der Waals surface area contributed by atoms with Crippen LogP contribution >= 0.6 is 0 Å². The fourth-order valence-electron chi connectivity index (χ4n) is 6.06. The molecule has 0 spiro atoms. The highest BCUT2D eigenvalue weighted by Crippen LogP contribution is 2.32. The number of H-pyrrole nitrogens is 1. The lowest BCUT2D eigenvalue weighted by Crippen LogP contribution is -2.36. The summed E-state index contributed by atoms with van der Waals surface area (Å²) in [5, 5.41) is 48.6. The van der Waals surface area contributed by atoms with Gasteiger partial charge in [-0.25, -0.2) is 4.79 Å². The Morgan fingerprint density at radius 2 is 1.49 bits per heavy atom. The van der Waals surface area contributed by atoms with Crippen molar-refractivity contribution in [3.05, 3.63) is 177 Å². The summed E-state index contributed by atoms with van der Waals surface area (Å²) in [7, 11) is 0. The number of aromatic amines is 1. The third kappa shape index (κ3) is 8.62. The maximum Gasteiger partial charge on any atom is 0.345 e. The zero-order chi connectivity index (χ0) is 37.4. The number of carbonyl (C=O) groups is 2. The molecule has 11 heteroatoms. The molecule has 0 saturated carbocycles. The Morgan fingerprint density at radius 3 is 2.23 bits per heavy atom. The Labute approximate surface area is 305 Å². The number of amides is 1. The first kappa shape index (κ1) is 36.5. The molecule has 0 bridgehead atoms. The summed E-state index contributed by atoms with van der Waals surface area (Å²) in [5.74, 6) is -1.24. The summed E-state index contributed by atoms with van der Waals surface area (Å²) in [6, 6.07) is 35.6. The molecule has 2 atom stereocenters. The van der Waals surface area contributed by atoms with Crippen LogP contribution in [0.2, 0.25) is 0 Å². The molecule has 0 fully saturated rings. The molecule has 1 heterocycles. The number of aromatic hydroxyl groups is 1. The molecule has 0 unspecified atom stereocenters. The number of carbonyl (C=O) groups excluding carboxylic acids is 1. The van der Waals surface area contributed by atoms with Crippen LogP contribution in [-0.2, 0) is 30.0 Å². The minimum absolute atomic E-state index is 0.0579. The van der Waals surface area contributed by atoms with Gasteiger partial charge in [0.2, 0.25) is 11.2 Å². The number of carboxylic acids is 1. The smallest absolute Gasteiger partial charge is 0.345 e. The lowest BCUT2D eigenvalue weighted by molar-refractivity contribution is -0.155. The number of aromatic nitrogens is 1. The number of fused-ring (bicyclic) bond motifs is 1. The van der Waals surface area contributed by atoms with E-state index < -0.39 is 17.7 Å². The van der Waals surface area contributed by atoms with Crippen molar-refractivity contribution in [1.29, 1.82) is 0 Å². The topological polar surface area (TPSA) is 181 Å². The molecular formula is C42H39N3O8. The van der Waals surface area contributed by atoms with Gasteiger partial charge >= 0.3 is 5.97 Å². The lowest BCUT2D eigenvalue weighted by atomic mass is 9.86. The number of hydrogen-bond donors (Lipinski definition) is 7. The number of hydrogen-bond acceptors (Lipinski definition) is 8. The monoisotopic (exact) mass is 713 g/mol. The summed E-state index contributed by atoms with van der Waals surface area (Å²) in [4.78, 5) is 39.2. The molecule has 0 radical (unpaired) electrons. The molecule has 0 saturated heterocycles. The molecule has 5 aromatic carbocycles. The Kier molecular flexibility index (Phi) is 11.3. The summed E-state index contributed by atoms with van der Waals surface area (Å²) in [5.41, 5.74) is 2.07. The summed E-state index contributed by atoms with van der Waals surface area (Å²) < 4.78 is 5.92. The molecule has 0 aliphatic carbocycles. The van der Waals surface area contributed by atoms with Gasteiger partial charge in [-0.05, 0) is 77.2 Å². The van der Waals surface area contributed by atoms with Crippen LogP contribution in [0.25, 0.3) is 10.9 Å². The first-order chi connectivity index (χ1) is 25.6. The second kappa shape index (κ2) is 16.4. The van der Waals surface area contributed by atoms with Crippen molar-refractivity contribution in [3.63, 3.8) is 0 Å². The molecule has 11 nitrogen and oxygen atoms in total. The fourth-order valence-corrected chi connectivity index (χ4v) is 6.06. The number of aliphatic hydroxyl groups excluding tert-OH is 1. The first-order valence-electron chi connectivity index (χ1n) is 17.0. The zero-order valence-corrected chi connectivity index (χ0v) is 28.7. The largest absolute Gasteiger partial charge is 0.506 e. The number of nitrogens with one attached hydrogen (secondary N) is 3. The van der Waals surface area contributed by atoms with E-state index in [1.165, 1.54) is 18.2 Å². The number of aliphatic carboxylic acids is 1. The second-order valence-corrected chi connectivity index (χ2v) is 12.6. The van der Waals surface area contributed by atoms with E-state index >= 15 is 0 Å². The number of aliphatic hydroxyl groups is 2. The second-order valence-electron chi connectivity index (χ2n) is 12.6. The van der Waals surface area contributed by atoms with E-state index in [1.807, 2.05) is 36.4 Å². The van der Waals surface area contributed by atoms with Crippen molar-refractivity contribution in [2.45, 2.75) is 31.3 Å². The summed E-state index contributed by atoms with van der Waals surface area (Å²) in [6.45, 7) is 1.41. The standard InChI is InChI=1S/C42H39N3O8/c46-36-19-17-34(35-18-20-38(48)45-39(35)36)37(47)25-43-22-21-27-13-15-30(16-14-27)40(49)44-24-28-9-11-29(12-10-28)26-53-33-8-4-7-32(23-33)42(52,41(50)51)31-5-2-1-3-6-31/h1-20,23,37,43,46-47,52H,21-22,24-26H2,(H,44,49)(H,45,48)(H,50,51)/t37-,42-/m0/s1. The maximum atomic E-state index is 12.8. The predicted molar refractivity (Wildman–Crippen MR) is 200 cm³/mol. The number of phenols is 1. The molecule has 1 amide bonds. The van der Waals surface area contributed by atoms with Gasteiger partial charge in [-0.2, -0.15) is 0 Å². The van der Waals surface area contributed by atoms with Gasteiger partial charge in [0.15, 0.2) is 0 Å². The highest BCUT2D eigenvalue weighted by Gasteiger charge is 2.40. The molecule has 0 aliphatic rings. The maximum absolute atomic E-state index is 12.8. The number of benzene rings is 5. The van der Waals surface area contributed by atoms with Gasteiger partial charge in [-0.3, -0.25) is 9.59 Å². The number of pyridine rings is 1. The van der Waals surface area contributed by atoms with Crippen molar-refractivity contribution >= 4 is 22.8 Å². The van der Waals surface area contributed by atoms with E-state index in [1.54, 1.807) is 72.8 Å². The van der Waals surface area contributed by atoms with Gasteiger partial charge in [-0.1, -0.05) is 84.9 Å². The lowest BCUT2D eigenvalue weighted by Gasteiger charge is -2.25. The number of ether oxygens (including phenoxy) is 1. The Hall–Kier alpha value is -6.27. The zero-order valence-electron chi connectivity index (χ0n) is 28.7. The molecule has 270 valence electrons. The van der Waals surface area contributed by atoms with Crippen LogP contribution in [0.5, 0.6) is 11.5 Å². The van der Waals surface area contributed by atoms with Crippen LogP contribution in [0.1, 0.15) is 49.8 Å². The van der Waals surface area contributed by atoms with Crippen molar-refractivity contribution in [3.8, 4) is 11.5 Å². The fraction of sp³-hybridized carbons (Fsp3) is 0.167. The van der Waals surface area contributed by atoms with Crippen LogP contribution in [0.4, 0.5) is 0 Å². The van der Waals surface area contributed by atoms with Crippen molar-refractivity contribution in [1.82, 2.24) is 15.6 Å². The number of carboxylic acid groups (broad SMARTS) is 1. The van der Waals surface area contributed by atoms with Crippen LogP contribution in [0.3, 0.4) is 0 Å². The third-order valence-corrected chi connectivity index (χ3v) is 9.04. The van der Waals surface area contributed by atoms with Gasteiger partial charge in [-0.15, -0.1) is 0 Å². The van der Waals surface area contributed by atoms with Crippen LogP contribution in [-0.4, -0.2) is 50.4 Å². The highest BCUT2D eigenvalue weighted by atomic mass is 16.5. The van der Waals surface area contributed by atoms with Crippen molar-refractivity contribution in [2.75, 3.05) is 13.1 Å². The van der Waals surface area contributed by atoms with E-state index in [4.69, 9.17) is 4.74 Å². The SMILES string of the molecule is O=C(NCc1ccc(COc2cccc([C@](O)(C(=O)O)c3ccccc3)c2)cc1)c1ccc(CCNC[C@H](O)c2ccc(O)c3[nH]c(=O)ccc23)cc1. The van der Waals surface area contributed by atoms with Crippen molar-refractivity contribution < 1.29 is 34.8 Å². The molecular weight excluding hydrogens is 674 g/mol. The Balaban J connectivity index is 0.946. The number of rotatable bonds is 15. The van der Waals surface area contributed by atoms with E-state index in [-0.39, 0.29) is 41.5 Å². The average Bonchev–Trinajstić information content (AvgIpc) is 3.18. The van der Waals surface area contributed by atoms with Crippen LogP contribution in [0.15, 0.2) is 132 Å². The van der Waals surface area contributed by atoms with E-state index in [0.29, 0.717) is 47.3 Å². The van der Waals surface area contributed by atoms with Crippen molar-refractivity contribution in [2.24, 2.45) is 0 Å². The third-order valence-electron chi connectivity index (χ3n) is 9.04. The Morgan fingerprint density at radius 1 is 0.792 bits per heavy atom. The van der Waals surface area contributed by atoms with Gasteiger partial charge in [0.1, 0.15) is 18.1 Å². The minimum atomic E-state index is -2.23. The summed E-state index contributed by atoms with van der Waals surface area (Å²) >= 11 is 0. The minimum Gasteiger partial charge on any atom is -0.506 e. The highest BCUT2D eigenvalue weighted by molar-refractivity contribution is 5.94. The normalized spacial score (nSPS) is 12.9. The molecule has 53 heavy (non-hydrogen) atoms. The Bertz CT molecular complexity index is 2260. The summed E-state index contributed by atoms with van der Waals surface area (Å²) in [6.07, 6.45) is -0.170. The molecule has 6 aromatic rings.